The van der Waals surface area contributed by atoms with Crippen molar-refractivity contribution >= 4 is 22.9 Å². The van der Waals surface area contributed by atoms with E-state index < -0.39 is 0 Å². The van der Waals surface area contributed by atoms with Gasteiger partial charge in [-0.15, -0.1) is 0 Å². The number of hydrogen-bond donors (Lipinski definition) is 1. The summed E-state index contributed by atoms with van der Waals surface area (Å²) in [6.07, 6.45) is 10.3. The predicted molar refractivity (Wildman–Crippen MR) is 124 cm³/mol. The van der Waals surface area contributed by atoms with Crippen LogP contribution in [0.1, 0.15) is 75.8 Å². The molecule has 2 aromatic rings. The van der Waals surface area contributed by atoms with Crippen molar-refractivity contribution in [3.05, 3.63) is 23.3 Å². The number of carbonyl (C=O) groups is 1. The molecule has 0 spiro atoms. The van der Waals surface area contributed by atoms with Crippen molar-refractivity contribution in [3.8, 4) is 0 Å². The molecule has 5 nitrogen and oxygen atoms in total. The van der Waals surface area contributed by atoms with Crippen molar-refractivity contribution in [1.29, 1.82) is 0 Å². The number of aromatic nitrogens is 2. The van der Waals surface area contributed by atoms with Crippen LogP contribution < -0.4 is 10.2 Å². The summed E-state index contributed by atoms with van der Waals surface area (Å²) in [5.74, 6) is 1.54. The molecular weight excluding hydrogens is 372 g/mol. The minimum Gasteiger partial charge on any atom is -0.353 e. The number of rotatable bonds is 7. The molecule has 1 aliphatic heterocycles. The molecular formula is C25H38N4O. The molecule has 1 aromatic heterocycles. The minimum atomic E-state index is 0.157. The van der Waals surface area contributed by atoms with E-state index in [2.05, 4.69) is 47.7 Å². The van der Waals surface area contributed by atoms with Gasteiger partial charge in [-0.25, -0.2) is 4.98 Å². The van der Waals surface area contributed by atoms with Gasteiger partial charge < -0.3 is 14.8 Å². The highest BCUT2D eigenvalue weighted by Gasteiger charge is 2.29. The number of benzene rings is 1. The first-order valence-electron chi connectivity index (χ1n) is 12.1. The van der Waals surface area contributed by atoms with Crippen LogP contribution in [0.25, 0.3) is 11.0 Å². The van der Waals surface area contributed by atoms with Gasteiger partial charge in [-0.2, -0.15) is 0 Å². The van der Waals surface area contributed by atoms with Crippen LogP contribution in [0, 0.1) is 19.8 Å². The van der Waals surface area contributed by atoms with Crippen molar-refractivity contribution in [1.82, 2.24) is 14.9 Å². The smallest absolute Gasteiger partial charge is 0.223 e. The third-order valence-electron chi connectivity index (χ3n) is 7.18. The zero-order valence-electron chi connectivity index (χ0n) is 19.0. The van der Waals surface area contributed by atoms with Gasteiger partial charge in [-0.3, -0.25) is 4.79 Å². The van der Waals surface area contributed by atoms with Gasteiger partial charge in [-0.05, 0) is 69.2 Å². The molecule has 2 aliphatic rings. The molecule has 1 saturated heterocycles. The summed E-state index contributed by atoms with van der Waals surface area (Å²) in [4.78, 5) is 20.2. The number of carbonyl (C=O) groups excluding carboxylic acids is 1. The molecule has 0 radical (unpaired) electrons. The number of amides is 1. The maximum atomic E-state index is 12.7. The first-order valence-corrected chi connectivity index (χ1v) is 12.1. The predicted octanol–water partition coefficient (Wildman–Crippen LogP) is 5.12. The van der Waals surface area contributed by atoms with E-state index in [-0.39, 0.29) is 11.8 Å². The maximum absolute atomic E-state index is 12.7. The van der Waals surface area contributed by atoms with E-state index >= 15 is 0 Å². The fraction of sp³-hybridized carbons (Fsp3) is 0.680. The van der Waals surface area contributed by atoms with Crippen LogP contribution >= 0.6 is 0 Å². The summed E-state index contributed by atoms with van der Waals surface area (Å²) in [5, 5.41) is 3.30. The molecule has 1 N–H and O–H groups in total. The van der Waals surface area contributed by atoms with Crippen LogP contribution in [0.3, 0.4) is 0 Å². The van der Waals surface area contributed by atoms with Crippen molar-refractivity contribution < 1.29 is 4.79 Å². The van der Waals surface area contributed by atoms with Gasteiger partial charge in [0.25, 0.3) is 0 Å². The lowest BCUT2D eigenvalue weighted by Crippen LogP contribution is -2.43. The minimum absolute atomic E-state index is 0.157. The molecule has 5 heteroatoms. The monoisotopic (exact) mass is 410 g/mol. The number of hydrogen-bond acceptors (Lipinski definition) is 3. The van der Waals surface area contributed by atoms with Crippen LogP contribution in [0.15, 0.2) is 12.1 Å². The molecule has 2 fully saturated rings. The van der Waals surface area contributed by atoms with E-state index in [9.17, 15) is 4.79 Å². The Bertz CT molecular complexity index is 873. The Hall–Kier alpha value is -2.04. The Kier molecular flexibility index (Phi) is 6.64. The second-order valence-corrected chi connectivity index (χ2v) is 9.45. The average molecular weight is 411 g/mol. The third kappa shape index (κ3) is 4.50. The third-order valence-corrected chi connectivity index (χ3v) is 7.18. The second kappa shape index (κ2) is 9.40. The Labute approximate surface area is 181 Å². The van der Waals surface area contributed by atoms with Crippen molar-refractivity contribution in [2.24, 2.45) is 5.92 Å². The number of fused-ring (bicyclic) bond motifs is 1. The molecule has 30 heavy (non-hydrogen) atoms. The van der Waals surface area contributed by atoms with E-state index in [1.165, 1.54) is 48.7 Å². The fourth-order valence-corrected chi connectivity index (χ4v) is 5.08. The SMILES string of the molecule is CCCCCn1c(N2CCC(C(=O)NC3CCCC3)CC2)nc2cc(C)c(C)cc21. The number of imidazole rings is 1. The molecule has 1 amide bonds. The summed E-state index contributed by atoms with van der Waals surface area (Å²) < 4.78 is 2.43. The van der Waals surface area contributed by atoms with Crippen LogP contribution in [0.4, 0.5) is 5.95 Å². The van der Waals surface area contributed by atoms with Crippen LogP contribution in [0.2, 0.25) is 0 Å². The van der Waals surface area contributed by atoms with Gasteiger partial charge in [-0.1, -0.05) is 32.6 Å². The summed E-state index contributed by atoms with van der Waals surface area (Å²) in [5.41, 5.74) is 4.98. The van der Waals surface area contributed by atoms with Crippen LogP contribution in [-0.4, -0.2) is 34.6 Å². The number of nitrogens with one attached hydrogen (secondary N) is 1. The first kappa shape index (κ1) is 21.2. The van der Waals surface area contributed by atoms with E-state index in [0.717, 1.165) is 56.8 Å². The molecule has 1 aromatic carbocycles. The molecule has 0 unspecified atom stereocenters. The summed E-state index contributed by atoms with van der Waals surface area (Å²) >= 11 is 0. The number of piperidine rings is 1. The van der Waals surface area contributed by atoms with Gasteiger partial charge in [0, 0.05) is 31.6 Å². The van der Waals surface area contributed by atoms with Gasteiger partial charge in [0.1, 0.15) is 0 Å². The normalized spacial score (nSPS) is 18.4. The van der Waals surface area contributed by atoms with Gasteiger partial charge in [0.2, 0.25) is 11.9 Å². The molecule has 0 bridgehead atoms. The number of unbranched alkanes of at least 4 members (excludes halogenated alkanes) is 2. The number of anilines is 1. The van der Waals surface area contributed by atoms with Crippen molar-refractivity contribution in [2.45, 2.75) is 91.1 Å². The molecule has 1 aliphatic carbocycles. The van der Waals surface area contributed by atoms with Crippen molar-refractivity contribution in [2.75, 3.05) is 18.0 Å². The standard InChI is InChI=1S/C25H38N4O/c1-4-5-8-13-29-23-17-19(3)18(2)16-22(23)27-25(29)28-14-11-20(12-15-28)24(30)26-21-9-6-7-10-21/h16-17,20-21H,4-15H2,1-3H3,(H,26,30). The lowest BCUT2D eigenvalue weighted by Gasteiger charge is -2.33. The van der Waals surface area contributed by atoms with Crippen LogP contribution in [0.5, 0.6) is 0 Å². The molecule has 0 atom stereocenters. The van der Waals surface area contributed by atoms with Gasteiger partial charge in [0.05, 0.1) is 11.0 Å². The highest BCUT2D eigenvalue weighted by Crippen LogP contribution is 2.29. The lowest BCUT2D eigenvalue weighted by atomic mass is 9.95. The Morgan fingerprint density at radius 1 is 1.07 bits per heavy atom. The zero-order chi connectivity index (χ0) is 21.1. The number of nitrogens with zero attached hydrogens (tertiary/aromatic N) is 3. The topological polar surface area (TPSA) is 50.2 Å². The van der Waals surface area contributed by atoms with Crippen LogP contribution in [-0.2, 0) is 11.3 Å². The molecule has 1 saturated carbocycles. The summed E-state index contributed by atoms with van der Waals surface area (Å²) in [6.45, 7) is 9.45. The highest BCUT2D eigenvalue weighted by atomic mass is 16.1. The van der Waals surface area contributed by atoms with Gasteiger partial charge in [0.15, 0.2) is 0 Å². The Morgan fingerprint density at radius 2 is 1.77 bits per heavy atom. The van der Waals surface area contributed by atoms with E-state index in [0.29, 0.717) is 6.04 Å². The summed E-state index contributed by atoms with van der Waals surface area (Å²) in [6, 6.07) is 4.95. The highest BCUT2D eigenvalue weighted by molar-refractivity contribution is 5.81. The fourth-order valence-electron chi connectivity index (χ4n) is 5.08. The Balaban J connectivity index is 1.48. The van der Waals surface area contributed by atoms with Gasteiger partial charge >= 0.3 is 0 Å². The average Bonchev–Trinajstić information content (AvgIpc) is 3.37. The lowest BCUT2D eigenvalue weighted by molar-refractivity contribution is -0.126. The molecule has 4 rings (SSSR count). The van der Waals surface area contributed by atoms with E-state index in [1.54, 1.807) is 0 Å². The zero-order valence-corrected chi connectivity index (χ0v) is 19.0. The Morgan fingerprint density at radius 3 is 2.47 bits per heavy atom. The number of aryl methyl sites for hydroxylation is 3. The molecule has 2 heterocycles. The largest absolute Gasteiger partial charge is 0.353 e. The van der Waals surface area contributed by atoms with Crippen molar-refractivity contribution in [3.63, 3.8) is 0 Å². The molecule has 164 valence electrons. The summed E-state index contributed by atoms with van der Waals surface area (Å²) in [7, 11) is 0. The maximum Gasteiger partial charge on any atom is 0.223 e. The second-order valence-electron chi connectivity index (χ2n) is 9.45. The van der Waals surface area contributed by atoms with E-state index in [1.807, 2.05) is 0 Å². The quantitative estimate of drug-likeness (QED) is 0.645. The van der Waals surface area contributed by atoms with E-state index in [4.69, 9.17) is 4.98 Å². The first-order chi connectivity index (χ1) is 14.6.